The van der Waals surface area contributed by atoms with Crippen LogP contribution in [0.2, 0.25) is 0 Å². The maximum Gasteiger partial charge on any atom is 0.255 e. The fraction of sp³-hybridized carbons (Fsp3) is 0.290. The van der Waals surface area contributed by atoms with Crippen LogP contribution in [0.25, 0.3) is 11.4 Å². The van der Waals surface area contributed by atoms with Gasteiger partial charge in [0.2, 0.25) is 5.95 Å². The summed E-state index contributed by atoms with van der Waals surface area (Å²) in [5.41, 5.74) is 4.27. The number of aromatic nitrogens is 4. The number of carbonyl (C=O) groups excluding carboxylic acids is 1. The topological polar surface area (TPSA) is 116 Å². The number of anilines is 3. The fourth-order valence-corrected chi connectivity index (χ4v) is 5.17. The van der Waals surface area contributed by atoms with Crippen molar-refractivity contribution in [1.82, 2.24) is 19.7 Å². The van der Waals surface area contributed by atoms with Gasteiger partial charge >= 0.3 is 0 Å². The number of amides is 1. The summed E-state index contributed by atoms with van der Waals surface area (Å²) in [5, 5.41) is 11.2. The van der Waals surface area contributed by atoms with Crippen LogP contribution in [0.4, 0.5) is 17.3 Å². The highest BCUT2D eigenvalue weighted by atomic mass is 16.5. The number of carbonyl (C=O) groups is 1. The molecule has 0 bridgehead atoms. The maximum absolute atomic E-state index is 13.9. The van der Waals surface area contributed by atoms with E-state index < -0.39 is 6.04 Å². The molecule has 0 spiro atoms. The first-order chi connectivity index (χ1) is 20.4. The number of ether oxygens (including phenoxy) is 3. The number of allylic oxidation sites excluding steroid dienone is 1. The number of fused-ring (bicyclic) bond motifs is 1. The molecule has 0 aliphatic carbocycles. The van der Waals surface area contributed by atoms with Crippen molar-refractivity contribution in [3.63, 3.8) is 0 Å². The zero-order valence-corrected chi connectivity index (χ0v) is 24.6. The number of benzene rings is 2. The molecule has 218 valence electrons. The van der Waals surface area contributed by atoms with E-state index in [9.17, 15) is 4.79 Å². The molecule has 1 atom stereocenters. The van der Waals surface area contributed by atoms with E-state index in [-0.39, 0.29) is 5.91 Å². The average molecular weight is 570 g/mol. The maximum atomic E-state index is 13.9. The first-order valence-corrected chi connectivity index (χ1v) is 13.7. The normalized spacial score (nSPS) is 14.1. The molecule has 3 heterocycles. The predicted octanol–water partition coefficient (Wildman–Crippen LogP) is 5.14. The van der Waals surface area contributed by atoms with Gasteiger partial charge in [0.1, 0.15) is 11.8 Å². The van der Waals surface area contributed by atoms with Crippen molar-refractivity contribution in [3.05, 3.63) is 77.8 Å². The number of hydrogen-bond donors (Lipinski definition) is 2. The number of nitrogens with one attached hydrogen (secondary N) is 2. The van der Waals surface area contributed by atoms with Crippen molar-refractivity contribution >= 4 is 23.2 Å². The minimum Gasteiger partial charge on any atom is -0.496 e. The second-order valence-corrected chi connectivity index (χ2v) is 9.63. The van der Waals surface area contributed by atoms with Gasteiger partial charge in [-0.15, -0.1) is 5.10 Å². The van der Waals surface area contributed by atoms with Gasteiger partial charge in [0, 0.05) is 47.9 Å². The zero-order valence-electron chi connectivity index (χ0n) is 24.6. The third-order valence-electron chi connectivity index (χ3n) is 7.30. The number of nitrogens with zero attached hydrogens (tertiary/aromatic N) is 5. The van der Waals surface area contributed by atoms with Gasteiger partial charge in [-0.2, -0.15) is 4.98 Å². The molecule has 2 aromatic heterocycles. The van der Waals surface area contributed by atoms with Gasteiger partial charge in [0.05, 0.1) is 38.8 Å². The van der Waals surface area contributed by atoms with Crippen LogP contribution in [0, 0.1) is 0 Å². The monoisotopic (exact) mass is 569 g/mol. The smallest absolute Gasteiger partial charge is 0.255 e. The lowest BCUT2D eigenvalue weighted by molar-refractivity contribution is -0.113. The van der Waals surface area contributed by atoms with Crippen LogP contribution in [0.15, 0.2) is 72.2 Å². The highest BCUT2D eigenvalue weighted by Crippen LogP contribution is 2.44. The number of rotatable bonds is 10. The van der Waals surface area contributed by atoms with Gasteiger partial charge in [-0.1, -0.05) is 0 Å². The average Bonchev–Trinajstić information content (AvgIpc) is 3.44. The summed E-state index contributed by atoms with van der Waals surface area (Å²) >= 11 is 0. The molecular formula is C31H35N7O4. The molecule has 1 aliphatic rings. The Bertz CT molecular complexity index is 1600. The molecule has 1 unspecified atom stereocenters. The Hall–Kier alpha value is -5.06. The molecule has 0 saturated carbocycles. The first-order valence-electron chi connectivity index (χ1n) is 13.7. The summed E-state index contributed by atoms with van der Waals surface area (Å²) in [6.07, 6.45) is 3.24. The van der Waals surface area contributed by atoms with Crippen molar-refractivity contribution in [2.75, 3.05) is 50.0 Å². The van der Waals surface area contributed by atoms with E-state index in [0.717, 1.165) is 24.3 Å². The second-order valence-electron chi connectivity index (χ2n) is 9.63. The van der Waals surface area contributed by atoms with Crippen LogP contribution in [0.1, 0.15) is 32.4 Å². The summed E-state index contributed by atoms with van der Waals surface area (Å²) in [6.45, 7) is 7.94. The van der Waals surface area contributed by atoms with Crippen LogP contribution in [0.3, 0.4) is 0 Å². The molecule has 0 saturated heterocycles. The lowest BCUT2D eigenvalue weighted by Crippen LogP contribution is -2.31. The Morgan fingerprint density at radius 2 is 1.69 bits per heavy atom. The van der Waals surface area contributed by atoms with Crippen LogP contribution in [-0.2, 0) is 4.79 Å². The van der Waals surface area contributed by atoms with E-state index in [4.69, 9.17) is 24.3 Å². The molecule has 2 N–H and O–H groups in total. The number of pyridine rings is 1. The Labute approximate surface area is 245 Å². The van der Waals surface area contributed by atoms with Crippen molar-refractivity contribution < 1.29 is 19.0 Å². The molecule has 5 rings (SSSR count). The summed E-state index contributed by atoms with van der Waals surface area (Å²) in [4.78, 5) is 25.1. The molecule has 0 radical (unpaired) electrons. The third kappa shape index (κ3) is 5.32. The van der Waals surface area contributed by atoms with E-state index >= 15 is 0 Å². The molecule has 4 aromatic rings. The fourth-order valence-electron chi connectivity index (χ4n) is 5.17. The van der Waals surface area contributed by atoms with E-state index in [1.54, 1.807) is 56.6 Å². The SMILES string of the molecule is CCN(CC)c1ccc(-c2nc3n(n2)C(c2cc(OC)c(OC)cc2OC)C(C(=O)Nc2cccnc2)=C(C)N3)cc1. The quantitative estimate of drug-likeness (QED) is 0.268. The summed E-state index contributed by atoms with van der Waals surface area (Å²) in [6, 6.07) is 14.6. The minimum absolute atomic E-state index is 0.318. The van der Waals surface area contributed by atoms with Crippen molar-refractivity contribution in [2.24, 2.45) is 0 Å². The summed E-state index contributed by atoms with van der Waals surface area (Å²) in [5.74, 6) is 2.20. The minimum atomic E-state index is -0.705. The standard InChI is InChI=1S/C31H35N7O4/c1-7-37(8-2)22-13-11-20(12-14-22)29-35-31-33-19(3)27(30(39)34-21-10-9-15-32-18-21)28(38(31)36-29)23-16-25(41-5)26(42-6)17-24(23)40-4/h9-18,28H,7-8H2,1-6H3,(H,34,39)(H,33,35,36). The summed E-state index contributed by atoms with van der Waals surface area (Å²) < 4.78 is 18.7. The highest BCUT2D eigenvalue weighted by molar-refractivity contribution is 6.06. The predicted molar refractivity (Wildman–Crippen MR) is 162 cm³/mol. The van der Waals surface area contributed by atoms with Gasteiger partial charge in [-0.25, -0.2) is 4.68 Å². The molecule has 0 fully saturated rings. The molecule has 11 heteroatoms. The molecule has 1 aliphatic heterocycles. The van der Waals surface area contributed by atoms with Crippen LogP contribution in [-0.4, -0.2) is 60.1 Å². The van der Waals surface area contributed by atoms with Gasteiger partial charge in [-0.3, -0.25) is 9.78 Å². The van der Waals surface area contributed by atoms with Crippen molar-refractivity contribution in [1.29, 1.82) is 0 Å². The van der Waals surface area contributed by atoms with Gasteiger partial charge in [-0.05, 0) is 63.2 Å². The van der Waals surface area contributed by atoms with Gasteiger partial charge < -0.3 is 29.7 Å². The van der Waals surface area contributed by atoms with Crippen molar-refractivity contribution in [3.8, 4) is 28.6 Å². The van der Waals surface area contributed by atoms with Crippen LogP contribution in [0.5, 0.6) is 17.2 Å². The number of methoxy groups -OCH3 is 3. The molecule has 42 heavy (non-hydrogen) atoms. The van der Waals surface area contributed by atoms with E-state index in [1.165, 1.54) is 0 Å². The lowest BCUT2D eigenvalue weighted by Gasteiger charge is -2.30. The zero-order chi connectivity index (χ0) is 29.8. The molecule has 11 nitrogen and oxygen atoms in total. The van der Waals surface area contributed by atoms with Crippen LogP contribution >= 0.6 is 0 Å². The highest BCUT2D eigenvalue weighted by Gasteiger charge is 2.37. The second kappa shape index (κ2) is 12.2. The molecule has 2 aromatic carbocycles. The first kappa shape index (κ1) is 28.5. The molecular weight excluding hydrogens is 534 g/mol. The van der Waals surface area contributed by atoms with E-state index in [0.29, 0.717) is 51.5 Å². The Morgan fingerprint density at radius 3 is 2.31 bits per heavy atom. The number of hydrogen-bond acceptors (Lipinski definition) is 9. The Kier molecular flexibility index (Phi) is 8.28. The van der Waals surface area contributed by atoms with Gasteiger partial charge in [0.15, 0.2) is 17.3 Å². The van der Waals surface area contributed by atoms with Crippen LogP contribution < -0.4 is 29.7 Å². The lowest BCUT2D eigenvalue weighted by atomic mass is 9.93. The van der Waals surface area contributed by atoms with E-state index in [1.807, 2.05) is 25.1 Å². The largest absolute Gasteiger partial charge is 0.496 e. The summed E-state index contributed by atoms with van der Waals surface area (Å²) in [7, 11) is 4.70. The van der Waals surface area contributed by atoms with Gasteiger partial charge in [0.25, 0.3) is 5.91 Å². The third-order valence-corrected chi connectivity index (χ3v) is 7.30. The van der Waals surface area contributed by atoms with E-state index in [2.05, 4.69) is 46.5 Å². The molecule has 1 amide bonds. The Balaban J connectivity index is 1.64. The van der Waals surface area contributed by atoms with Crippen molar-refractivity contribution in [2.45, 2.75) is 26.8 Å². The Morgan fingerprint density at radius 1 is 1.00 bits per heavy atom.